The Kier molecular flexibility index (Phi) is 5.66. The molecule has 0 unspecified atom stereocenters. The predicted molar refractivity (Wildman–Crippen MR) is 69.1 cm³/mol. The van der Waals surface area contributed by atoms with Crippen LogP contribution in [-0.4, -0.2) is 23.9 Å². The van der Waals surface area contributed by atoms with Crippen molar-refractivity contribution in [1.82, 2.24) is 10.3 Å². The number of hydrazine groups is 1. The molecule has 0 fully saturated rings. The van der Waals surface area contributed by atoms with Gasteiger partial charge in [0, 0.05) is 6.54 Å². The molecule has 3 N–H and O–H groups in total. The Morgan fingerprint density at radius 3 is 2.18 bits per heavy atom. The fourth-order valence-electron chi connectivity index (χ4n) is 1.70. The molecule has 1 amide bonds. The Morgan fingerprint density at radius 2 is 1.71 bits per heavy atom. The van der Waals surface area contributed by atoms with Gasteiger partial charge in [-0.3, -0.25) is 15.1 Å². The topological polar surface area (TPSA) is 58.4 Å². The highest BCUT2D eigenvalue weighted by Crippen LogP contribution is 2.08. The van der Waals surface area contributed by atoms with Crippen LogP contribution >= 0.6 is 0 Å². The van der Waals surface area contributed by atoms with Crippen molar-refractivity contribution in [3.63, 3.8) is 0 Å². The summed E-state index contributed by atoms with van der Waals surface area (Å²) in [4.78, 5) is 13.4. The first-order valence-electron chi connectivity index (χ1n) is 5.99. The van der Waals surface area contributed by atoms with Gasteiger partial charge < -0.3 is 0 Å². The van der Waals surface area contributed by atoms with Crippen molar-refractivity contribution in [2.24, 2.45) is 5.84 Å². The maximum atomic E-state index is 11.1. The number of hydrogen-bond acceptors (Lipinski definition) is 3. The van der Waals surface area contributed by atoms with Crippen molar-refractivity contribution in [1.29, 1.82) is 0 Å². The molecule has 0 aliphatic rings. The fourth-order valence-corrected chi connectivity index (χ4v) is 1.70. The van der Waals surface area contributed by atoms with E-state index >= 15 is 0 Å². The maximum Gasteiger partial charge on any atom is 0.238 e. The number of hydrogen-bond donors (Lipinski definition) is 2. The van der Waals surface area contributed by atoms with Gasteiger partial charge >= 0.3 is 0 Å². The van der Waals surface area contributed by atoms with E-state index in [0.717, 1.165) is 25.2 Å². The Hall–Kier alpha value is -1.39. The lowest BCUT2D eigenvalue weighted by Crippen LogP contribution is -2.31. The number of benzene rings is 1. The molecule has 17 heavy (non-hydrogen) atoms. The SMILES string of the molecule is CCN(CC)Cc1ccc(CC(=O)NN)cc1. The van der Waals surface area contributed by atoms with E-state index in [-0.39, 0.29) is 5.91 Å². The van der Waals surface area contributed by atoms with Gasteiger partial charge in [-0.2, -0.15) is 0 Å². The molecule has 0 aliphatic heterocycles. The highest BCUT2D eigenvalue weighted by molar-refractivity contribution is 5.77. The Morgan fingerprint density at radius 1 is 1.18 bits per heavy atom. The van der Waals surface area contributed by atoms with E-state index in [1.807, 2.05) is 12.1 Å². The van der Waals surface area contributed by atoms with Crippen LogP contribution in [0.5, 0.6) is 0 Å². The summed E-state index contributed by atoms with van der Waals surface area (Å²) in [5.74, 6) is 4.88. The minimum absolute atomic E-state index is 0.165. The van der Waals surface area contributed by atoms with Gasteiger partial charge in [0.05, 0.1) is 6.42 Å². The van der Waals surface area contributed by atoms with Gasteiger partial charge in [-0.15, -0.1) is 0 Å². The second kappa shape index (κ2) is 7.04. The van der Waals surface area contributed by atoms with Crippen LogP contribution in [0.4, 0.5) is 0 Å². The third-order valence-electron chi connectivity index (χ3n) is 2.85. The molecule has 0 saturated carbocycles. The number of nitrogens with two attached hydrogens (primary N) is 1. The molecular weight excluding hydrogens is 214 g/mol. The fraction of sp³-hybridized carbons (Fsp3) is 0.462. The van der Waals surface area contributed by atoms with Crippen molar-refractivity contribution < 1.29 is 4.79 Å². The largest absolute Gasteiger partial charge is 0.300 e. The molecule has 4 heteroatoms. The minimum atomic E-state index is -0.165. The molecule has 0 aliphatic carbocycles. The lowest BCUT2D eigenvalue weighted by Gasteiger charge is -2.18. The Balaban J connectivity index is 2.58. The summed E-state index contributed by atoms with van der Waals surface area (Å²) in [6, 6.07) is 8.09. The van der Waals surface area contributed by atoms with Crippen molar-refractivity contribution in [3.05, 3.63) is 35.4 Å². The van der Waals surface area contributed by atoms with Crippen molar-refractivity contribution in [2.75, 3.05) is 13.1 Å². The molecule has 0 heterocycles. The molecule has 0 aromatic heterocycles. The Labute approximate surface area is 103 Å². The molecule has 94 valence electrons. The predicted octanol–water partition coefficient (Wildman–Crippen LogP) is 1.06. The molecule has 0 saturated heterocycles. The molecule has 0 atom stereocenters. The van der Waals surface area contributed by atoms with E-state index in [2.05, 4.69) is 36.3 Å². The second-order valence-corrected chi connectivity index (χ2v) is 4.02. The van der Waals surface area contributed by atoms with Gasteiger partial charge in [-0.05, 0) is 24.2 Å². The summed E-state index contributed by atoms with van der Waals surface area (Å²) in [7, 11) is 0. The highest BCUT2D eigenvalue weighted by Gasteiger charge is 2.03. The first-order valence-corrected chi connectivity index (χ1v) is 5.99. The monoisotopic (exact) mass is 235 g/mol. The van der Waals surface area contributed by atoms with Gasteiger partial charge in [0.25, 0.3) is 0 Å². The summed E-state index contributed by atoms with van der Waals surface area (Å²) in [6.07, 6.45) is 0.335. The first-order chi connectivity index (χ1) is 8.19. The van der Waals surface area contributed by atoms with Crippen molar-refractivity contribution in [3.8, 4) is 0 Å². The van der Waals surface area contributed by atoms with Crippen LogP contribution in [0.2, 0.25) is 0 Å². The molecule has 0 spiro atoms. The van der Waals surface area contributed by atoms with Crippen LogP contribution in [0.25, 0.3) is 0 Å². The van der Waals surface area contributed by atoms with E-state index in [1.54, 1.807) is 0 Å². The van der Waals surface area contributed by atoms with E-state index < -0.39 is 0 Å². The lowest BCUT2D eigenvalue weighted by molar-refractivity contribution is -0.120. The summed E-state index contributed by atoms with van der Waals surface area (Å²) in [6.45, 7) is 7.37. The van der Waals surface area contributed by atoms with Gasteiger partial charge in [-0.25, -0.2) is 5.84 Å². The number of carbonyl (C=O) groups is 1. The summed E-state index contributed by atoms with van der Waals surface area (Å²) < 4.78 is 0. The van der Waals surface area contributed by atoms with Crippen LogP contribution in [0, 0.1) is 0 Å². The summed E-state index contributed by atoms with van der Waals surface area (Å²) in [5, 5.41) is 0. The molecule has 1 aromatic carbocycles. The normalized spacial score (nSPS) is 10.6. The van der Waals surface area contributed by atoms with Crippen LogP contribution in [0.3, 0.4) is 0 Å². The summed E-state index contributed by atoms with van der Waals surface area (Å²) >= 11 is 0. The third kappa shape index (κ3) is 4.54. The number of nitrogens with zero attached hydrogens (tertiary/aromatic N) is 1. The number of carbonyl (C=O) groups excluding carboxylic acids is 1. The molecular formula is C13H21N3O. The van der Waals surface area contributed by atoms with E-state index in [0.29, 0.717) is 6.42 Å². The van der Waals surface area contributed by atoms with Crippen molar-refractivity contribution in [2.45, 2.75) is 26.8 Å². The number of nitrogens with one attached hydrogen (secondary N) is 1. The standard InChI is InChI=1S/C13H21N3O/c1-3-16(4-2)10-12-7-5-11(6-8-12)9-13(17)15-14/h5-8H,3-4,9-10,14H2,1-2H3,(H,15,17). The quantitative estimate of drug-likeness (QED) is 0.440. The number of rotatable bonds is 6. The van der Waals surface area contributed by atoms with Gasteiger partial charge in [-0.1, -0.05) is 38.1 Å². The van der Waals surface area contributed by atoms with Gasteiger partial charge in [0.1, 0.15) is 0 Å². The second-order valence-electron chi connectivity index (χ2n) is 4.02. The third-order valence-corrected chi connectivity index (χ3v) is 2.85. The zero-order valence-corrected chi connectivity index (χ0v) is 10.6. The van der Waals surface area contributed by atoms with Gasteiger partial charge in [0.15, 0.2) is 0 Å². The highest BCUT2D eigenvalue weighted by atomic mass is 16.2. The minimum Gasteiger partial charge on any atom is -0.300 e. The molecule has 1 rings (SSSR count). The van der Waals surface area contributed by atoms with Crippen LogP contribution in [0.1, 0.15) is 25.0 Å². The van der Waals surface area contributed by atoms with Crippen LogP contribution < -0.4 is 11.3 Å². The van der Waals surface area contributed by atoms with Gasteiger partial charge in [0.2, 0.25) is 5.91 Å². The van der Waals surface area contributed by atoms with E-state index in [4.69, 9.17) is 5.84 Å². The van der Waals surface area contributed by atoms with Crippen LogP contribution in [0.15, 0.2) is 24.3 Å². The smallest absolute Gasteiger partial charge is 0.238 e. The summed E-state index contributed by atoms with van der Waals surface area (Å²) in [5.41, 5.74) is 4.38. The lowest BCUT2D eigenvalue weighted by atomic mass is 10.1. The molecule has 0 radical (unpaired) electrons. The molecule has 4 nitrogen and oxygen atoms in total. The zero-order valence-electron chi connectivity index (χ0n) is 10.6. The average Bonchev–Trinajstić information content (AvgIpc) is 2.37. The van der Waals surface area contributed by atoms with Crippen molar-refractivity contribution >= 4 is 5.91 Å². The first kappa shape index (κ1) is 13.7. The molecule has 0 bridgehead atoms. The zero-order chi connectivity index (χ0) is 12.7. The Bertz CT molecular complexity index is 344. The van der Waals surface area contributed by atoms with E-state index in [1.165, 1.54) is 5.56 Å². The maximum absolute atomic E-state index is 11.1. The average molecular weight is 235 g/mol. The molecule has 1 aromatic rings. The number of amides is 1. The van der Waals surface area contributed by atoms with Crippen LogP contribution in [-0.2, 0) is 17.8 Å². The van der Waals surface area contributed by atoms with E-state index in [9.17, 15) is 4.79 Å².